The highest BCUT2D eigenvalue weighted by Crippen LogP contribution is 2.23. The predicted octanol–water partition coefficient (Wildman–Crippen LogP) is 3.18. The SMILES string of the molecule is C=CCNS(=O)(=O)c1cc(C(=O)OCCOc2ccc(F)cc2)ccc1Cl. The highest BCUT2D eigenvalue weighted by Gasteiger charge is 2.20. The molecule has 0 spiro atoms. The summed E-state index contributed by atoms with van der Waals surface area (Å²) in [4.78, 5) is 11.9. The van der Waals surface area contributed by atoms with Crippen LogP contribution in [0.1, 0.15) is 10.4 Å². The molecular weight excluding hydrogens is 397 g/mol. The maximum absolute atomic E-state index is 12.8. The van der Waals surface area contributed by atoms with Crippen molar-refractivity contribution in [3.63, 3.8) is 0 Å². The molecule has 0 heterocycles. The molecule has 0 aliphatic heterocycles. The molecule has 0 bridgehead atoms. The molecule has 0 saturated heterocycles. The van der Waals surface area contributed by atoms with Gasteiger partial charge in [-0.15, -0.1) is 6.58 Å². The first-order valence-corrected chi connectivity index (χ1v) is 9.65. The fourth-order valence-corrected chi connectivity index (χ4v) is 3.51. The topological polar surface area (TPSA) is 81.7 Å². The van der Waals surface area contributed by atoms with Gasteiger partial charge in [0.2, 0.25) is 10.0 Å². The number of halogens is 2. The lowest BCUT2D eigenvalue weighted by Crippen LogP contribution is -2.24. The third-order valence-corrected chi connectivity index (χ3v) is 5.18. The molecule has 0 fully saturated rings. The van der Waals surface area contributed by atoms with Crippen LogP contribution in [0.5, 0.6) is 5.75 Å². The van der Waals surface area contributed by atoms with E-state index >= 15 is 0 Å². The molecule has 144 valence electrons. The molecule has 0 saturated carbocycles. The molecule has 0 amide bonds. The molecule has 2 aromatic rings. The van der Waals surface area contributed by atoms with E-state index in [2.05, 4.69) is 11.3 Å². The number of hydrogen-bond acceptors (Lipinski definition) is 5. The van der Waals surface area contributed by atoms with Crippen LogP contribution >= 0.6 is 11.6 Å². The van der Waals surface area contributed by atoms with Gasteiger partial charge in [0.15, 0.2) is 0 Å². The van der Waals surface area contributed by atoms with Crippen LogP contribution in [0.15, 0.2) is 60.0 Å². The van der Waals surface area contributed by atoms with Gasteiger partial charge in [0.05, 0.1) is 10.6 Å². The second-order valence-electron chi connectivity index (χ2n) is 5.22. The molecule has 2 rings (SSSR count). The molecule has 27 heavy (non-hydrogen) atoms. The molecule has 0 radical (unpaired) electrons. The van der Waals surface area contributed by atoms with E-state index in [1.165, 1.54) is 42.5 Å². The van der Waals surface area contributed by atoms with E-state index in [0.717, 1.165) is 6.07 Å². The predicted molar refractivity (Wildman–Crippen MR) is 99.0 cm³/mol. The minimum atomic E-state index is -3.89. The molecule has 0 aliphatic carbocycles. The lowest BCUT2D eigenvalue weighted by molar-refractivity contribution is 0.0450. The Hall–Kier alpha value is -2.42. The van der Waals surface area contributed by atoms with Crippen LogP contribution in [0.25, 0.3) is 0 Å². The van der Waals surface area contributed by atoms with Crippen LogP contribution in [0.2, 0.25) is 5.02 Å². The molecule has 0 aromatic heterocycles. The van der Waals surface area contributed by atoms with E-state index in [9.17, 15) is 17.6 Å². The summed E-state index contributed by atoms with van der Waals surface area (Å²) in [5.74, 6) is -0.681. The summed E-state index contributed by atoms with van der Waals surface area (Å²) in [5, 5.41) is -0.0252. The summed E-state index contributed by atoms with van der Waals surface area (Å²) >= 11 is 5.93. The third-order valence-electron chi connectivity index (χ3n) is 3.27. The van der Waals surface area contributed by atoms with Crippen molar-refractivity contribution in [1.82, 2.24) is 4.72 Å². The average Bonchev–Trinajstić information content (AvgIpc) is 2.65. The molecule has 6 nitrogen and oxygen atoms in total. The van der Waals surface area contributed by atoms with Crippen LogP contribution in [-0.2, 0) is 14.8 Å². The van der Waals surface area contributed by atoms with E-state index in [0.29, 0.717) is 5.75 Å². The van der Waals surface area contributed by atoms with Crippen molar-refractivity contribution in [1.29, 1.82) is 0 Å². The van der Waals surface area contributed by atoms with E-state index in [1.807, 2.05) is 0 Å². The Bertz CT molecular complexity index is 916. The maximum Gasteiger partial charge on any atom is 0.338 e. The van der Waals surface area contributed by atoms with E-state index in [-0.39, 0.29) is 41.1 Å². The number of benzene rings is 2. The molecule has 9 heteroatoms. The molecular formula is C18H17ClFNO5S. The van der Waals surface area contributed by atoms with Gasteiger partial charge in [-0.3, -0.25) is 0 Å². The van der Waals surface area contributed by atoms with Crippen LogP contribution in [0.4, 0.5) is 4.39 Å². The summed E-state index contributed by atoms with van der Waals surface area (Å²) in [6, 6.07) is 9.19. The lowest BCUT2D eigenvalue weighted by atomic mass is 10.2. The van der Waals surface area contributed by atoms with Gasteiger partial charge in [0.1, 0.15) is 29.7 Å². The van der Waals surface area contributed by atoms with Gasteiger partial charge in [-0.25, -0.2) is 22.3 Å². The zero-order valence-corrected chi connectivity index (χ0v) is 15.7. The van der Waals surface area contributed by atoms with Crippen molar-refractivity contribution in [3.8, 4) is 5.75 Å². The first-order chi connectivity index (χ1) is 12.8. The quantitative estimate of drug-likeness (QED) is 0.388. The van der Waals surface area contributed by atoms with Gasteiger partial charge in [0.25, 0.3) is 0 Å². The number of carbonyl (C=O) groups is 1. The Labute approximate surface area is 161 Å². The third kappa shape index (κ3) is 6.06. The van der Waals surface area contributed by atoms with Crippen LogP contribution in [0, 0.1) is 5.82 Å². The van der Waals surface area contributed by atoms with Gasteiger partial charge < -0.3 is 9.47 Å². The Morgan fingerprint density at radius 1 is 1.19 bits per heavy atom. The number of rotatable bonds is 9. The van der Waals surface area contributed by atoms with Gasteiger partial charge >= 0.3 is 5.97 Å². The van der Waals surface area contributed by atoms with Crippen molar-refractivity contribution in [2.75, 3.05) is 19.8 Å². The molecule has 0 aliphatic rings. The first kappa shape index (κ1) is 20.9. The number of nitrogens with one attached hydrogen (secondary N) is 1. The van der Waals surface area contributed by atoms with E-state index in [1.54, 1.807) is 0 Å². The molecule has 1 N–H and O–H groups in total. The lowest BCUT2D eigenvalue weighted by Gasteiger charge is -2.10. The van der Waals surface area contributed by atoms with E-state index < -0.39 is 16.0 Å². The summed E-state index contributed by atoms with van der Waals surface area (Å²) in [6.45, 7) is 3.43. The van der Waals surface area contributed by atoms with Crippen LogP contribution in [-0.4, -0.2) is 34.1 Å². The zero-order chi connectivity index (χ0) is 19.9. The molecule has 0 atom stereocenters. The standard InChI is InChI=1S/C18H17ClFNO5S/c1-2-9-21-27(23,24)17-12-13(3-8-16(17)19)18(22)26-11-10-25-15-6-4-14(20)5-7-15/h2-8,12,21H,1,9-11H2. The van der Waals surface area contributed by atoms with Crippen molar-refractivity contribution in [3.05, 3.63) is 71.5 Å². The van der Waals surface area contributed by atoms with Crippen LogP contribution in [0.3, 0.4) is 0 Å². The van der Waals surface area contributed by atoms with Crippen molar-refractivity contribution >= 4 is 27.6 Å². The monoisotopic (exact) mass is 413 g/mol. The number of sulfonamides is 1. The number of esters is 1. The Morgan fingerprint density at radius 3 is 2.56 bits per heavy atom. The number of carbonyl (C=O) groups excluding carboxylic acids is 1. The summed E-state index contributed by atoms with van der Waals surface area (Å²) in [6.07, 6.45) is 1.38. The van der Waals surface area contributed by atoms with E-state index in [4.69, 9.17) is 21.1 Å². The van der Waals surface area contributed by atoms with Crippen LogP contribution < -0.4 is 9.46 Å². The number of ether oxygens (including phenoxy) is 2. The first-order valence-electron chi connectivity index (χ1n) is 7.79. The van der Waals surface area contributed by atoms with Gasteiger partial charge in [-0.05, 0) is 42.5 Å². The summed E-state index contributed by atoms with van der Waals surface area (Å²) < 4.78 is 49.8. The normalized spacial score (nSPS) is 11.0. The minimum Gasteiger partial charge on any atom is -0.490 e. The number of hydrogen-bond donors (Lipinski definition) is 1. The minimum absolute atomic E-state index is 0.0219. The van der Waals surface area contributed by atoms with Crippen molar-refractivity contribution in [2.45, 2.75) is 4.90 Å². The second kappa shape index (κ2) is 9.50. The average molecular weight is 414 g/mol. The zero-order valence-electron chi connectivity index (χ0n) is 14.2. The molecule has 2 aromatic carbocycles. The Morgan fingerprint density at radius 2 is 1.89 bits per heavy atom. The largest absolute Gasteiger partial charge is 0.490 e. The van der Waals surface area contributed by atoms with Gasteiger partial charge in [-0.1, -0.05) is 17.7 Å². The molecule has 0 unspecified atom stereocenters. The highest BCUT2D eigenvalue weighted by atomic mass is 35.5. The highest BCUT2D eigenvalue weighted by molar-refractivity contribution is 7.89. The summed E-state index contributed by atoms with van der Waals surface area (Å²) in [5.41, 5.74) is 0.0279. The fraction of sp³-hybridized carbons (Fsp3) is 0.167. The maximum atomic E-state index is 12.8. The Balaban J connectivity index is 1.97. The Kier molecular flexibility index (Phi) is 7.35. The smallest absolute Gasteiger partial charge is 0.338 e. The van der Waals surface area contributed by atoms with Gasteiger partial charge in [0, 0.05) is 6.54 Å². The fourth-order valence-electron chi connectivity index (χ4n) is 1.99. The van der Waals surface area contributed by atoms with Crippen molar-refractivity contribution < 1.29 is 27.1 Å². The summed E-state index contributed by atoms with van der Waals surface area (Å²) in [7, 11) is -3.89. The van der Waals surface area contributed by atoms with Gasteiger partial charge in [-0.2, -0.15) is 0 Å². The van der Waals surface area contributed by atoms with Crippen molar-refractivity contribution in [2.24, 2.45) is 0 Å². The second-order valence-corrected chi connectivity index (χ2v) is 7.37.